The van der Waals surface area contributed by atoms with Gasteiger partial charge in [-0.05, 0) is 16.3 Å². The normalized spacial score (nSPS) is 14.1. The molecule has 0 saturated carbocycles. The lowest BCUT2D eigenvalue weighted by molar-refractivity contribution is 0.235. The molecule has 0 amide bonds. The van der Waals surface area contributed by atoms with Gasteiger partial charge in [0.05, 0.1) is 12.0 Å². The highest BCUT2D eigenvalue weighted by Gasteiger charge is 2.34. The lowest BCUT2D eigenvalue weighted by atomic mass is 9.78. The molecule has 2 aromatic rings. The van der Waals surface area contributed by atoms with Crippen LogP contribution in [-0.2, 0) is 15.0 Å². The Morgan fingerprint density at radius 1 is 1.06 bits per heavy atom. The topological polar surface area (TPSA) is 54.4 Å². The Bertz CT molecular complexity index is 571. The predicted octanol–water partition coefficient (Wildman–Crippen LogP) is 1.68. The SMILES string of the molecule is O=[C]CC([C]=O)(CO)c1cccc2ccccc12. The first-order chi connectivity index (χ1) is 8.77. The number of benzene rings is 2. The van der Waals surface area contributed by atoms with Gasteiger partial charge in [0.1, 0.15) is 0 Å². The zero-order valence-corrected chi connectivity index (χ0v) is 9.72. The molecular weight excluding hydrogens is 228 g/mol. The van der Waals surface area contributed by atoms with E-state index < -0.39 is 12.0 Å². The van der Waals surface area contributed by atoms with Crippen molar-refractivity contribution in [3.63, 3.8) is 0 Å². The molecule has 18 heavy (non-hydrogen) atoms. The third-order valence-electron chi connectivity index (χ3n) is 3.14. The van der Waals surface area contributed by atoms with Crippen molar-refractivity contribution in [2.45, 2.75) is 11.8 Å². The van der Waals surface area contributed by atoms with Crippen LogP contribution < -0.4 is 0 Å². The van der Waals surface area contributed by atoms with Crippen molar-refractivity contribution >= 4 is 23.3 Å². The molecule has 0 aromatic heterocycles. The Balaban J connectivity index is 2.71. The van der Waals surface area contributed by atoms with E-state index in [9.17, 15) is 14.7 Å². The van der Waals surface area contributed by atoms with Crippen LogP contribution in [0.5, 0.6) is 0 Å². The molecule has 3 heteroatoms. The fraction of sp³-hybridized carbons (Fsp3) is 0.200. The van der Waals surface area contributed by atoms with Crippen molar-refractivity contribution in [2.24, 2.45) is 0 Å². The average Bonchev–Trinajstić information content (AvgIpc) is 2.44. The van der Waals surface area contributed by atoms with E-state index in [4.69, 9.17) is 0 Å². The Morgan fingerprint density at radius 3 is 2.44 bits per heavy atom. The van der Waals surface area contributed by atoms with Crippen LogP contribution in [0, 0.1) is 0 Å². The van der Waals surface area contributed by atoms with Gasteiger partial charge in [0, 0.05) is 6.42 Å². The van der Waals surface area contributed by atoms with E-state index in [2.05, 4.69) is 0 Å². The first kappa shape index (κ1) is 12.5. The van der Waals surface area contributed by atoms with Gasteiger partial charge in [-0.15, -0.1) is 0 Å². The molecule has 2 aromatic carbocycles. The second kappa shape index (κ2) is 5.10. The van der Waals surface area contributed by atoms with Crippen molar-refractivity contribution in [2.75, 3.05) is 6.61 Å². The van der Waals surface area contributed by atoms with E-state index in [1.54, 1.807) is 18.4 Å². The van der Waals surface area contributed by atoms with Crippen molar-refractivity contribution in [1.82, 2.24) is 0 Å². The van der Waals surface area contributed by atoms with E-state index >= 15 is 0 Å². The number of rotatable bonds is 5. The number of aliphatic hydroxyl groups excluding tert-OH is 1. The third kappa shape index (κ3) is 1.93. The molecule has 0 aliphatic rings. The molecule has 1 unspecified atom stereocenters. The highest BCUT2D eigenvalue weighted by atomic mass is 16.3. The molecule has 0 aliphatic carbocycles. The molecule has 90 valence electrons. The van der Waals surface area contributed by atoms with E-state index in [0.717, 1.165) is 10.8 Å². The second-order valence-electron chi connectivity index (χ2n) is 4.19. The summed E-state index contributed by atoms with van der Waals surface area (Å²) >= 11 is 0. The van der Waals surface area contributed by atoms with Crippen molar-refractivity contribution in [1.29, 1.82) is 0 Å². The van der Waals surface area contributed by atoms with Crippen molar-refractivity contribution in [3.8, 4) is 0 Å². The maximum absolute atomic E-state index is 11.2. The van der Waals surface area contributed by atoms with Gasteiger partial charge in [-0.1, -0.05) is 42.5 Å². The molecule has 3 nitrogen and oxygen atoms in total. The van der Waals surface area contributed by atoms with Crippen LogP contribution >= 0.6 is 0 Å². The van der Waals surface area contributed by atoms with Crippen LogP contribution in [0.1, 0.15) is 12.0 Å². The lowest BCUT2D eigenvalue weighted by Crippen LogP contribution is -2.33. The summed E-state index contributed by atoms with van der Waals surface area (Å²) in [6.07, 6.45) is 3.32. The minimum Gasteiger partial charge on any atom is -0.395 e. The Morgan fingerprint density at radius 2 is 1.78 bits per heavy atom. The van der Waals surface area contributed by atoms with Crippen LogP contribution in [0.2, 0.25) is 0 Å². The smallest absolute Gasteiger partial charge is 0.212 e. The molecule has 2 radical (unpaired) electrons. The third-order valence-corrected chi connectivity index (χ3v) is 3.14. The standard InChI is InChI=1S/C15H12O3/c16-9-8-15(10-17,11-18)14-7-3-5-12-4-1-2-6-13(12)14/h1-7,17H,8,10H2. The van der Waals surface area contributed by atoms with E-state index in [0.29, 0.717) is 5.56 Å². The minimum atomic E-state index is -1.32. The predicted molar refractivity (Wildman–Crippen MR) is 68.7 cm³/mol. The average molecular weight is 240 g/mol. The van der Waals surface area contributed by atoms with E-state index in [1.807, 2.05) is 36.6 Å². The van der Waals surface area contributed by atoms with Crippen LogP contribution in [0.25, 0.3) is 10.8 Å². The van der Waals surface area contributed by atoms with Gasteiger partial charge in [-0.25, -0.2) is 0 Å². The van der Waals surface area contributed by atoms with Crippen molar-refractivity contribution < 1.29 is 14.7 Å². The molecule has 0 heterocycles. The maximum atomic E-state index is 11.2. The largest absolute Gasteiger partial charge is 0.395 e. The fourth-order valence-corrected chi connectivity index (χ4v) is 2.13. The highest BCUT2D eigenvalue weighted by Crippen LogP contribution is 2.31. The summed E-state index contributed by atoms with van der Waals surface area (Å²) in [7, 11) is 0. The molecule has 1 N–H and O–H groups in total. The van der Waals surface area contributed by atoms with Gasteiger partial charge in [-0.3, -0.25) is 9.59 Å². The Kier molecular flexibility index (Phi) is 3.53. The second-order valence-corrected chi connectivity index (χ2v) is 4.19. The number of fused-ring (bicyclic) bond motifs is 1. The van der Waals surface area contributed by atoms with Gasteiger partial charge in [0.2, 0.25) is 6.29 Å². The number of hydrogen-bond acceptors (Lipinski definition) is 3. The summed E-state index contributed by atoms with van der Waals surface area (Å²) in [4.78, 5) is 21.9. The summed E-state index contributed by atoms with van der Waals surface area (Å²) in [5.41, 5.74) is -0.704. The Hall–Kier alpha value is -2.00. The fourth-order valence-electron chi connectivity index (χ4n) is 2.13. The number of aliphatic hydroxyl groups is 1. The number of hydrogen-bond donors (Lipinski definition) is 1. The summed E-state index contributed by atoms with van der Waals surface area (Å²) in [5.74, 6) is 0. The van der Waals surface area contributed by atoms with Gasteiger partial charge >= 0.3 is 0 Å². The number of carbonyl (C=O) groups excluding carboxylic acids is 2. The van der Waals surface area contributed by atoms with Gasteiger partial charge in [0.15, 0.2) is 6.29 Å². The molecule has 0 fully saturated rings. The molecular formula is C15H12O3. The maximum Gasteiger partial charge on any atom is 0.212 e. The van der Waals surface area contributed by atoms with Crippen LogP contribution in [0.15, 0.2) is 42.5 Å². The van der Waals surface area contributed by atoms with E-state index in [1.165, 1.54) is 0 Å². The summed E-state index contributed by atoms with van der Waals surface area (Å²) < 4.78 is 0. The summed E-state index contributed by atoms with van der Waals surface area (Å²) in [6.45, 7) is -0.459. The van der Waals surface area contributed by atoms with Crippen molar-refractivity contribution in [3.05, 3.63) is 48.0 Å². The van der Waals surface area contributed by atoms with Gasteiger partial charge in [0.25, 0.3) is 0 Å². The minimum absolute atomic E-state index is 0.193. The highest BCUT2D eigenvalue weighted by molar-refractivity contribution is 5.91. The van der Waals surface area contributed by atoms with Gasteiger partial charge < -0.3 is 5.11 Å². The zero-order valence-electron chi connectivity index (χ0n) is 9.72. The molecule has 1 atom stereocenters. The summed E-state index contributed by atoms with van der Waals surface area (Å²) in [5, 5.41) is 11.3. The summed E-state index contributed by atoms with van der Waals surface area (Å²) in [6, 6.07) is 13.0. The lowest BCUT2D eigenvalue weighted by Gasteiger charge is -2.24. The van der Waals surface area contributed by atoms with Crippen LogP contribution in [0.4, 0.5) is 0 Å². The first-order valence-corrected chi connectivity index (χ1v) is 5.61. The van der Waals surface area contributed by atoms with Crippen LogP contribution in [-0.4, -0.2) is 24.3 Å². The van der Waals surface area contributed by atoms with E-state index in [-0.39, 0.29) is 6.42 Å². The molecule has 0 saturated heterocycles. The molecule has 2 rings (SSSR count). The Labute approximate surface area is 105 Å². The first-order valence-electron chi connectivity index (χ1n) is 5.61. The van der Waals surface area contributed by atoms with Crippen LogP contribution in [0.3, 0.4) is 0 Å². The monoisotopic (exact) mass is 240 g/mol. The zero-order chi connectivity index (χ0) is 13.0. The molecule has 0 bridgehead atoms. The van der Waals surface area contributed by atoms with Gasteiger partial charge in [-0.2, -0.15) is 0 Å². The quantitative estimate of drug-likeness (QED) is 0.865. The molecule has 0 aliphatic heterocycles. The molecule has 0 spiro atoms.